The summed E-state index contributed by atoms with van der Waals surface area (Å²) in [5, 5.41) is 11.8. The van der Waals surface area contributed by atoms with Crippen LogP contribution in [-0.4, -0.2) is 22.0 Å². The minimum atomic E-state index is 0.483. The van der Waals surface area contributed by atoms with Crippen LogP contribution in [0.1, 0.15) is 11.1 Å². The first-order chi connectivity index (χ1) is 12.5. The second-order valence-corrected chi connectivity index (χ2v) is 6.66. The minimum absolute atomic E-state index is 0.483. The molecule has 0 saturated heterocycles. The van der Waals surface area contributed by atoms with Gasteiger partial charge in [0, 0.05) is 16.9 Å². The van der Waals surface area contributed by atoms with E-state index in [2.05, 4.69) is 15.7 Å². The average molecular weight is 387 g/mol. The topological polar surface area (TPSA) is 51.1 Å². The van der Waals surface area contributed by atoms with E-state index in [-0.39, 0.29) is 0 Å². The summed E-state index contributed by atoms with van der Waals surface area (Å²) >= 11 is 11.4. The van der Waals surface area contributed by atoms with Crippen molar-refractivity contribution in [1.29, 1.82) is 0 Å². The van der Waals surface area contributed by atoms with Crippen LogP contribution in [0, 0.1) is 6.92 Å². The fourth-order valence-electron chi connectivity index (χ4n) is 2.49. The summed E-state index contributed by atoms with van der Waals surface area (Å²) in [7, 11) is 1.66. The molecule has 0 saturated carbocycles. The van der Waals surface area contributed by atoms with E-state index in [0.717, 1.165) is 28.3 Å². The van der Waals surface area contributed by atoms with E-state index < -0.39 is 0 Å². The fraction of sp³-hybridized carbons (Fsp3) is 0.158. The SMILES string of the molecule is COc1cccc(Cn2cc(NC(=S)Nc3cc(Cl)ccc3C)cn2)c1. The number of benzene rings is 2. The number of hydrogen-bond acceptors (Lipinski definition) is 3. The van der Waals surface area contributed by atoms with Crippen LogP contribution in [0.5, 0.6) is 5.75 Å². The zero-order valence-electron chi connectivity index (χ0n) is 14.5. The van der Waals surface area contributed by atoms with E-state index >= 15 is 0 Å². The van der Waals surface area contributed by atoms with Crippen LogP contribution >= 0.6 is 23.8 Å². The molecule has 5 nitrogen and oxygen atoms in total. The van der Waals surface area contributed by atoms with Gasteiger partial charge in [-0.05, 0) is 54.5 Å². The monoisotopic (exact) mass is 386 g/mol. The van der Waals surface area contributed by atoms with Crippen LogP contribution in [0.25, 0.3) is 0 Å². The van der Waals surface area contributed by atoms with Crippen molar-refractivity contribution in [2.45, 2.75) is 13.5 Å². The van der Waals surface area contributed by atoms with Gasteiger partial charge >= 0.3 is 0 Å². The van der Waals surface area contributed by atoms with Crippen LogP contribution in [0.15, 0.2) is 54.9 Å². The molecule has 0 aliphatic heterocycles. The molecule has 1 aromatic heterocycles. The molecule has 0 spiro atoms. The predicted molar refractivity (Wildman–Crippen MR) is 110 cm³/mol. The lowest BCUT2D eigenvalue weighted by Gasteiger charge is -2.11. The highest BCUT2D eigenvalue weighted by Gasteiger charge is 2.05. The third-order valence-corrected chi connectivity index (χ3v) is 4.26. The number of rotatable bonds is 5. The maximum atomic E-state index is 6.04. The van der Waals surface area contributed by atoms with Crippen molar-refractivity contribution in [3.8, 4) is 5.75 Å². The number of ether oxygens (including phenoxy) is 1. The second kappa shape index (κ2) is 8.21. The standard InChI is InChI=1S/C19H19ClN4OS/c1-13-6-7-15(20)9-18(13)23-19(26)22-16-10-21-24(12-16)11-14-4-3-5-17(8-14)25-2/h3-10,12H,11H2,1-2H3,(H2,22,23,26). The van der Waals surface area contributed by atoms with Crippen LogP contribution in [-0.2, 0) is 6.54 Å². The van der Waals surface area contributed by atoms with Gasteiger partial charge in [0.1, 0.15) is 5.75 Å². The molecule has 2 N–H and O–H groups in total. The Kier molecular flexibility index (Phi) is 5.75. The van der Waals surface area contributed by atoms with Gasteiger partial charge in [-0.1, -0.05) is 29.8 Å². The number of anilines is 2. The lowest BCUT2D eigenvalue weighted by Crippen LogP contribution is -2.19. The summed E-state index contributed by atoms with van der Waals surface area (Å²) in [4.78, 5) is 0. The lowest BCUT2D eigenvalue weighted by molar-refractivity contribution is 0.414. The Labute approximate surface area is 162 Å². The van der Waals surface area contributed by atoms with Crippen LogP contribution in [0.4, 0.5) is 11.4 Å². The highest BCUT2D eigenvalue weighted by atomic mass is 35.5. The van der Waals surface area contributed by atoms with Gasteiger partial charge in [0.25, 0.3) is 0 Å². The highest BCUT2D eigenvalue weighted by Crippen LogP contribution is 2.20. The number of halogens is 1. The number of methoxy groups -OCH3 is 1. The van der Waals surface area contributed by atoms with Crippen molar-refractivity contribution in [2.24, 2.45) is 0 Å². The lowest BCUT2D eigenvalue weighted by atomic mass is 10.2. The van der Waals surface area contributed by atoms with Crippen LogP contribution in [0.2, 0.25) is 5.02 Å². The Bertz CT molecular complexity index is 925. The Balaban J connectivity index is 1.62. The zero-order valence-corrected chi connectivity index (χ0v) is 16.1. The summed E-state index contributed by atoms with van der Waals surface area (Å²) in [5.74, 6) is 0.829. The number of aromatic nitrogens is 2. The third kappa shape index (κ3) is 4.74. The first kappa shape index (κ1) is 18.2. The summed E-state index contributed by atoms with van der Waals surface area (Å²) in [6.45, 7) is 2.64. The molecule has 0 bridgehead atoms. The van der Waals surface area contributed by atoms with Gasteiger partial charge in [-0.2, -0.15) is 5.10 Å². The Morgan fingerprint density at radius 2 is 2.08 bits per heavy atom. The molecule has 0 atom stereocenters. The first-order valence-electron chi connectivity index (χ1n) is 8.03. The van der Waals surface area contributed by atoms with Crippen LogP contribution < -0.4 is 15.4 Å². The summed E-state index contributed by atoms with van der Waals surface area (Å²) < 4.78 is 7.09. The van der Waals surface area contributed by atoms with Crippen molar-refractivity contribution in [3.05, 3.63) is 71.0 Å². The van der Waals surface area contributed by atoms with Crippen molar-refractivity contribution in [1.82, 2.24) is 9.78 Å². The Morgan fingerprint density at radius 3 is 2.88 bits per heavy atom. The van der Waals surface area contributed by atoms with Gasteiger partial charge in [0.15, 0.2) is 5.11 Å². The van der Waals surface area contributed by atoms with E-state index in [9.17, 15) is 0 Å². The predicted octanol–water partition coefficient (Wildman–Crippen LogP) is 4.71. The second-order valence-electron chi connectivity index (χ2n) is 5.82. The van der Waals surface area contributed by atoms with Crippen molar-refractivity contribution in [3.63, 3.8) is 0 Å². The molecule has 0 radical (unpaired) electrons. The minimum Gasteiger partial charge on any atom is -0.497 e. The largest absolute Gasteiger partial charge is 0.497 e. The zero-order chi connectivity index (χ0) is 18.5. The normalized spacial score (nSPS) is 10.4. The van der Waals surface area contributed by atoms with E-state index in [4.69, 9.17) is 28.6 Å². The van der Waals surface area contributed by atoms with E-state index in [0.29, 0.717) is 16.7 Å². The Morgan fingerprint density at radius 1 is 1.23 bits per heavy atom. The molecule has 26 heavy (non-hydrogen) atoms. The number of hydrogen-bond donors (Lipinski definition) is 2. The Hall–Kier alpha value is -2.57. The molecule has 0 aliphatic rings. The smallest absolute Gasteiger partial charge is 0.175 e. The molecular formula is C19H19ClN4OS. The summed E-state index contributed by atoms with van der Waals surface area (Å²) in [6, 6.07) is 13.5. The van der Waals surface area contributed by atoms with Crippen molar-refractivity contribution >= 4 is 40.3 Å². The van der Waals surface area contributed by atoms with Gasteiger partial charge in [0.2, 0.25) is 0 Å². The molecule has 3 rings (SSSR count). The van der Waals surface area contributed by atoms with Gasteiger partial charge in [-0.25, -0.2) is 0 Å². The molecular weight excluding hydrogens is 368 g/mol. The van der Waals surface area contributed by atoms with Crippen LogP contribution in [0.3, 0.4) is 0 Å². The quantitative estimate of drug-likeness (QED) is 0.622. The van der Waals surface area contributed by atoms with Gasteiger partial charge in [-0.3, -0.25) is 4.68 Å². The molecule has 0 fully saturated rings. The number of nitrogens with one attached hydrogen (secondary N) is 2. The summed E-state index contributed by atoms with van der Waals surface area (Å²) in [5.41, 5.74) is 3.85. The number of aryl methyl sites for hydroxylation is 1. The molecule has 1 heterocycles. The molecule has 134 valence electrons. The number of thiocarbonyl (C=S) groups is 1. The van der Waals surface area contributed by atoms with Crippen molar-refractivity contribution < 1.29 is 4.74 Å². The molecule has 2 aromatic carbocycles. The third-order valence-electron chi connectivity index (χ3n) is 3.82. The van der Waals surface area contributed by atoms with E-state index in [1.54, 1.807) is 13.3 Å². The van der Waals surface area contributed by atoms with Crippen molar-refractivity contribution in [2.75, 3.05) is 17.7 Å². The maximum Gasteiger partial charge on any atom is 0.175 e. The summed E-state index contributed by atoms with van der Waals surface area (Å²) in [6.07, 6.45) is 3.64. The molecule has 0 amide bonds. The maximum absolute atomic E-state index is 6.04. The first-order valence-corrected chi connectivity index (χ1v) is 8.81. The average Bonchev–Trinajstić information content (AvgIpc) is 3.05. The van der Waals surface area contributed by atoms with Gasteiger partial charge in [0.05, 0.1) is 25.5 Å². The molecule has 0 aliphatic carbocycles. The molecule has 0 unspecified atom stereocenters. The fourth-order valence-corrected chi connectivity index (χ4v) is 2.89. The van der Waals surface area contributed by atoms with Gasteiger partial charge < -0.3 is 15.4 Å². The molecule has 3 aromatic rings. The highest BCUT2D eigenvalue weighted by molar-refractivity contribution is 7.80. The molecule has 7 heteroatoms. The number of nitrogens with zero attached hydrogens (tertiary/aromatic N) is 2. The van der Waals surface area contributed by atoms with E-state index in [1.165, 1.54) is 0 Å². The van der Waals surface area contributed by atoms with Gasteiger partial charge in [-0.15, -0.1) is 0 Å². The van der Waals surface area contributed by atoms with E-state index in [1.807, 2.05) is 60.3 Å².